The monoisotopic (exact) mass is 505 g/mol. The third-order valence-corrected chi connectivity index (χ3v) is 7.82. The number of carbonyl (C=O) groups excluding carboxylic acids is 1. The number of nitro groups is 1. The maximum absolute atomic E-state index is 13.2. The second-order valence-electron chi connectivity index (χ2n) is 8.40. The summed E-state index contributed by atoms with van der Waals surface area (Å²) >= 11 is 2.97. The van der Waals surface area contributed by atoms with Crippen LogP contribution in [-0.4, -0.2) is 50.8 Å². The van der Waals surface area contributed by atoms with E-state index < -0.39 is 0 Å². The maximum Gasteiger partial charge on any atom is 0.273 e. The molecule has 2 aromatic carbocycles. The van der Waals surface area contributed by atoms with Gasteiger partial charge in [0.2, 0.25) is 5.13 Å². The Morgan fingerprint density at radius 2 is 1.91 bits per heavy atom. The second-order valence-corrected chi connectivity index (χ2v) is 10.1. The predicted octanol–water partition coefficient (Wildman–Crippen LogP) is 5.12. The van der Waals surface area contributed by atoms with Crippen LogP contribution in [0.25, 0.3) is 10.4 Å². The van der Waals surface area contributed by atoms with Crippen molar-refractivity contribution in [1.29, 1.82) is 0 Å². The van der Waals surface area contributed by atoms with Gasteiger partial charge in [0.1, 0.15) is 5.82 Å². The Hall–Kier alpha value is -3.63. The van der Waals surface area contributed by atoms with Crippen LogP contribution in [0.1, 0.15) is 28.7 Å². The molecular weight excluding hydrogens is 482 g/mol. The Balaban J connectivity index is 1.23. The average molecular weight is 506 g/mol. The third kappa shape index (κ3) is 4.94. The summed E-state index contributed by atoms with van der Waals surface area (Å²) in [5.41, 5.74) is 2.47. The average Bonchev–Trinajstić information content (AvgIpc) is 3.57. The van der Waals surface area contributed by atoms with E-state index in [-0.39, 0.29) is 22.6 Å². The summed E-state index contributed by atoms with van der Waals surface area (Å²) in [5, 5.41) is 14.1. The standard InChI is InChI=1S/C25H23N5O3S2/c1-17-16-28(25-26-23(27-35-25)15-20-5-2-3-6-21(20)30(32)33)12-13-29(17)24(31)19-10-8-18(9-11-19)22-7-4-14-34-22/h2-11,14,17H,12-13,15-16H2,1H3. The van der Waals surface area contributed by atoms with Crippen molar-refractivity contribution < 1.29 is 9.72 Å². The molecule has 1 amide bonds. The summed E-state index contributed by atoms with van der Waals surface area (Å²) in [6.45, 7) is 3.94. The van der Waals surface area contributed by atoms with Crippen LogP contribution in [0.5, 0.6) is 0 Å². The lowest BCUT2D eigenvalue weighted by Gasteiger charge is -2.39. The quantitative estimate of drug-likeness (QED) is 0.267. The van der Waals surface area contributed by atoms with Crippen LogP contribution >= 0.6 is 22.9 Å². The van der Waals surface area contributed by atoms with Gasteiger partial charge in [-0.15, -0.1) is 11.3 Å². The number of para-hydroxylation sites is 1. The van der Waals surface area contributed by atoms with Gasteiger partial charge in [0.05, 0.1) is 4.92 Å². The number of anilines is 1. The molecule has 10 heteroatoms. The Kier molecular flexibility index (Phi) is 6.56. The Bertz CT molecular complexity index is 1340. The fourth-order valence-electron chi connectivity index (χ4n) is 4.27. The lowest BCUT2D eigenvalue weighted by atomic mass is 10.1. The van der Waals surface area contributed by atoms with Crippen LogP contribution in [0.2, 0.25) is 0 Å². The third-order valence-electron chi connectivity index (χ3n) is 6.09. The zero-order valence-corrected chi connectivity index (χ0v) is 20.7. The van der Waals surface area contributed by atoms with Crippen LogP contribution in [-0.2, 0) is 6.42 Å². The molecule has 0 saturated carbocycles. The number of amides is 1. The molecule has 1 aliphatic rings. The zero-order chi connectivity index (χ0) is 24.4. The van der Waals surface area contributed by atoms with Gasteiger partial charge in [0.15, 0.2) is 0 Å². The Morgan fingerprint density at radius 1 is 1.11 bits per heavy atom. The van der Waals surface area contributed by atoms with Crippen LogP contribution in [0.4, 0.5) is 10.8 Å². The molecule has 0 spiro atoms. The highest BCUT2D eigenvalue weighted by molar-refractivity contribution is 7.13. The van der Waals surface area contributed by atoms with E-state index in [0.717, 1.165) is 10.7 Å². The first-order valence-corrected chi connectivity index (χ1v) is 12.9. The van der Waals surface area contributed by atoms with Crippen molar-refractivity contribution in [3.05, 3.63) is 93.1 Å². The summed E-state index contributed by atoms with van der Waals surface area (Å²) in [6.07, 6.45) is 0.309. The summed E-state index contributed by atoms with van der Waals surface area (Å²) in [7, 11) is 0. The van der Waals surface area contributed by atoms with Crippen molar-refractivity contribution in [3.63, 3.8) is 0 Å². The number of nitrogens with zero attached hydrogens (tertiary/aromatic N) is 5. The second kappa shape index (κ2) is 9.93. The van der Waals surface area contributed by atoms with Crippen LogP contribution in [0.15, 0.2) is 66.0 Å². The van der Waals surface area contributed by atoms with Crippen molar-refractivity contribution in [2.24, 2.45) is 0 Å². The molecule has 4 aromatic rings. The van der Waals surface area contributed by atoms with Gasteiger partial charge in [0.25, 0.3) is 11.6 Å². The molecule has 0 N–H and O–H groups in total. The van der Waals surface area contributed by atoms with Crippen molar-refractivity contribution >= 4 is 39.6 Å². The summed E-state index contributed by atoms with van der Waals surface area (Å²) in [4.78, 5) is 33.9. The highest BCUT2D eigenvalue weighted by atomic mass is 32.1. The molecule has 1 atom stereocenters. The van der Waals surface area contributed by atoms with Crippen LogP contribution < -0.4 is 4.90 Å². The van der Waals surface area contributed by atoms with Crippen LogP contribution in [0, 0.1) is 10.1 Å². The molecule has 3 heterocycles. The van der Waals surface area contributed by atoms with Gasteiger partial charge < -0.3 is 9.80 Å². The van der Waals surface area contributed by atoms with Gasteiger partial charge in [-0.1, -0.05) is 36.4 Å². The van der Waals surface area contributed by atoms with E-state index in [1.165, 1.54) is 22.5 Å². The minimum Gasteiger partial charge on any atom is -0.343 e. The number of hydrogen-bond acceptors (Lipinski definition) is 8. The molecule has 178 valence electrons. The summed E-state index contributed by atoms with van der Waals surface area (Å²) < 4.78 is 4.43. The number of rotatable bonds is 6. The fourth-order valence-corrected chi connectivity index (χ4v) is 5.73. The molecule has 1 saturated heterocycles. The lowest BCUT2D eigenvalue weighted by Crippen LogP contribution is -2.54. The molecule has 5 rings (SSSR count). The number of carbonyl (C=O) groups is 1. The molecule has 8 nitrogen and oxygen atoms in total. The van der Waals surface area contributed by atoms with E-state index in [1.807, 2.05) is 47.5 Å². The van der Waals surface area contributed by atoms with E-state index in [1.54, 1.807) is 29.5 Å². The predicted molar refractivity (Wildman–Crippen MR) is 138 cm³/mol. The lowest BCUT2D eigenvalue weighted by molar-refractivity contribution is -0.385. The highest BCUT2D eigenvalue weighted by Crippen LogP contribution is 2.27. The first-order chi connectivity index (χ1) is 17.0. The Morgan fingerprint density at radius 3 is 2.63 bits per heavy atom. The van der Waals surface area contributed by atoms with Gasteiger partial charge in [-0.05, 0) is 36.1 Å². The minimum atomic E-state index is -0.379. The summed E-state index contributed by atoms with van der Waals surface area (Å²) in [6, 6.07) is 18.6. The Labute approximate surface area is 210 Å². The van der Waals surface area contributed by atoms with Gasteiger partial charge in [-0.2, -0.15) is 4.37 Å². The first kappa shape index (κ1) is 23.1. The van der Waals surface area contributed by atoms with Crippen molar-refractivity contribution in [1.82, 2.24) is 14.3 Å². The molecule has 2 aromatic heterocycles. The van der Waals surface area contributed by atoms with Crippen molar-refractivity contribution in [2.45, 2.75) is 19.4 Å². The molecule has 0 radical (unpaired) electrons. The van der Waals surface area contributed by atoms with Crippen molar-refractivity contribution in [3.8, 4) is 10.4 Å². The van der Waals surface area contributed by atoms with Crippen molar-refractivity contribution in [2.75, 3.05) is 24.5 Å². The van der Waals surface area contributed by atoms with Gasteiger partial charge in [-0.25, -0.2) is 4.98 Å². The molecule has 0 bridgehead atoms. The van der Waals surface area contributed by atoms with E-state index >= 15 is 0 Å². The van der Waals surface area contributed by atoms with E-state index in [9.17, 15) is 14.9 Å². The number of benzene rings is 2. The number of hydrogen-bond donors (Lipinski definition) is 0. The summed E-state index contributed by atoms with van der Waals surface area (Å²) in [5.74, 6) is 0.598. The number of piperazine rings is 1. The molecule has 35 heavy (non-hydrogen) atoms. The zero-order valence-electron chi connectivity index (χ0n) is 19.0. The largest absolute Gasteiger partial charge is 0.343 e. The van der Waals surface area contributed by atoms with Gasteiger partial charge >= 0.3 is 0 Å². The smallest absolute Gasteiger partial charge is 0.273 e. The number of thiophene rings is 1. The topological polar surface area (TPSA) is 92.5 Å². The number of nitro benzene ring substituents is 1. The minimum absolute atomic E-state index is 0.00998. The molecule has 1 fully saturated rings. The van der Waals surface area contributed by atoms with Gasteiger partial charge in [0, 0.05) is 65.7 Å². The SMILES string of the molecule is CC1CN(c2nc(Cc3ccccc3[N+](=O)[O-])ns2)CCN1C(=O)c1ccc(-c2cccs2)cc1. The van der Waals surface area contributed by atoms with E-state index in [4.69, 9.17) is 0 Å². The number of aromatic nitrogens is 2. The van der Waals surface area contributed by atoms with E-state index in [2.05, 4.69) is 20.3 Å². The van der Waals surface area contributed by atoms with Crippen LogP contribution in [0.3, 0.4) is 0 Å². The molecular formula is C25H23N5O3S2. The molecule has 1 aliphatic heterocycles. The van der Waals surface area contributed by atoms with Gasteiger partial charge in [-0.3, -0.25) is 14.9 Å². The molecule has 0 aliphatic carbocycles. The highest BCUT2D eigenvalue weighted by Gasteiger charge is 2.30. The molecule has 1 unspecified atom stereocenters. The maximum atomic E-state index is 13.2. The fraction of sp³-hybridized carbons (Fsp3) is 0.240. The first-order valence-electron chi connectivity index (χ1n) is 11.2. The normalized spacial score (nSPS) is 15.9. The van der Waals surface area contributed by atoms with E-state index in [0.29, 0.717) is 43.0 Å².